The lowest BCUT2D eigenvalue weighted by atomic mass is 10.9. The molecule has 158 valence electrons. The third-order valence-electron chi connectivity index (χ3n) is 2.84. The van der Waals surface area contributed by atoms with Gasteiger partial charge in [0, 0.05) is 19.8 Å². The van der Waals surface area contributed by atoms with E-state index in [1.807, 2.05) is 47.0 Å². The van der Waals surface area contributed by atoms with E-state index in [-0.39, 0.29) is 0 Å². The minimum atomic E-state index is -3.23. The van der Waals surface area contributed by atoms with E-state index in [1.54, 1.807) is 0 Å². The van der Waals surface area contributed by atoms with Gasteiger partial charge in [0.1, 0.15) is 0 Å². The van der Waals surface area contributed by atoms with E-state index in [9.17, 15) is 0 Å². The third kappa shape index (κ3) is 11.0. The summed E-state index contributed by atoms with van der Waals surface area (Å²) in [7, 11) is -11.7. The Balaban J connectivity index is 5.21. The summed E-state index contributed by atoms with van der Waals surface area (Å²) in [6.45, 7) is 23.6. The predicted octanol–water partition coefficient (Wildman–Crippen LogP) is 3.69. The van der Waals surface area contributed by atoms with Gasteiger partial charge in [0.15, 0.2) is 9.04 Å². The lowest BCUT2D eigenvalue weighted by Crippen LogP contribution is -2.61. The standard InChI is InChI=1S/C14H40O7Si5/c1-12-15-26(16-13-2,17-14-3)21-25(10,11)20-24(8,9)19-23(6,7)18-22(4)5/h22H,12-14H2,1-11H3. The highest BCUT2D eigenvalue weighted by Gasteiger charge is 2.53. The average molecular weight is 461 g/mol. The van der Waals surface area contributed by atoms with Gasteiger partial charge >= 0.3 is 34.7 Å². The molecule has 0 bridgehead atoms. The molecule has 0 fully saturated rings. The molecule has 0 aromatic carbocycles. The maximum atomic E-state index is 6.44. The van der Waals surface area contributed by atoms with E-state index in [0.29, 0.717) is 19.8 Å². The second-order valence-electron chi connectivity index (χ2n) is 7.47. The molecule has 0 amide bonds. The Morgan fingerprint density at radius 3 is 1.27 bits per heavy atom. The van der Waals surface area contributed by atoms with E-state index in [2.05, 4.69) is 26.2 Å². The first-order valence-electron chi connectivity index (χ1n) is 9.42. The van der Waals surface area contributed by atoms with Gasteiger partial charge in [-0.25, -0.2) is 0 Å². The molecule has 26 heavy (non-hydrogen) atoms. The molecular formula is C14H40O7Si5. The highest BCUT2D eigenvalue weighted by molar-refractivity contribution is 6.87. The van der Waals surface area contributed by atoms with Crippen LogP contribution in [0.5, 0.6) is 0 Å². The summed E-state index contributed by atoms with van der Waals surface area (Å²) in [6.07, 6.45) is 0. The smallest absolute Gasteiger partial charge is 0.440 e. The van der Waals surface area contributed by atoms with E-state index in [0.717, 1.165) is 0 Å². The molecule has 0 radical (unpaired) electrons. The van der Waals surface area contributed by atoms with Gasteiger partial charge in [-0.05, 0) is 73.1 Å². The lowest BCUT2D eigenvalue weighted by molar-refractivity contribution is 0.00149. The van der Waals surface area contributed by atoms with Gasteiger partial charge in [0.2, 0.25) is 0 Å². The maximum absolute atomic E-state index is 6.44. The summed E-state index contributed by atoms with van der Waals surface area (Å²) in [6, 6.07) is 0. The predicted molar refractivity (Wildman–Crippen MR) is 116 cm³/mol. The average Bonchev–Trinajstić information content (AvgIpc) is 2.33. The van der Waals surface area contributed by atoms with Crippen molar-refractivity contribution in [3.8, 4) is 0 Å². The van der Waals surface area contributed by atoms with Crippen LogP contribution in [0.15, 0.2) is 0 Å². The number of hydrogen-bond acceptors (Lipinski definition) is 7. The Hall–Kier alpha value is 0.804. The van der Waals surface area contributed by atoms with Crippen LogP contribution in [0.4, 0.5) is 0 Å². The normalized spacial score (nSPS) is 14.3. The second-order valence-corrected chi connectivity index (χ2v) is 23.2. The monoisotopic (exact) mass is 460 g/mol. The molecule has 0 aromatic rings. The molecule has 0 rings (SSSR count). The van der Waals surface area contributed by atoms with Crippen LogP contribution < -0.4 is 0 Å². The minimum absolute atomic E-state index is 0.459. The van der Waals surface area contributed by atoms with Crippen LogP contribution in [0, 0.1) is 0 Å². The van der Waals surface area contributed by atoms with Crippen LogP contribution in [0.2, 0.25) is 52.4 Å². The highest BCUT2D eigenvalue weighted by Crippen LogP contribution is 2.26. The molecular weight excluding hydrogens is 421 g/mol. The van der Waals surface area contributed by atoms with Crippen molar-refractivity contribution < 1.29 is 29.7 Å². The third-order valence-corrected chi connectivity index (χ3v) is 19.8. The number of rotatable bonds is 14. The van der Waals surface area contributed by atoms with E-state index < -0.39 is 43.8 Å². The first-order chi connectivity index (χ1) is 11.7. The van der Waals surface area contributed by atoms with E-state index in [1.165, 1.54) is 0 Å². The van der Waals surface area contributed by atoms with Gasteiger partial charge in [-0.1, -0.05) is 0 Å². The molecule has 0 aromatic heterocycles. The van der Waals surface area contributed by atoms with Crippen LogP contribution in [0.3, 0.4) is 0 Å². The highest BCUT2D eigenvalue weighted by atomic mass is 28.5. The van der Waals surface area contributed by atoms with Gasteiger partial charge in [-0.15, -0.1) is 0 Å². The van der Waals surface area contributed by atoms with Crippen LogP contribution in [-0.4, -0.2) is 63.6 Å². The minimum Gasteiger partial charge on any atom is -0.440 e. The Labute approximate surface area is 166 Å². The summed E-state index contributed by atoms with van der Waals surface area (Å²) in [5.41, 5.74) is 0. The van der Waals surface area contributed by atoms with Crippen LogP contribution in [-0.2, 0) is 29.7 Å². The molecule has 0 spiro atoms. The summed E-state index contributed by atoms with van der Waals surface area (Å²) >= 11 is 0. The molecule has 0 N–H and O–H groups in total. The van der Waals surface area contributed by atoms with Crippen LogP contribution in [0.1, 0.15) is 20.8 Å². The lowest BCUT2D eigenvalue weighted by Gasteiger charge is -2.40. The molecule has 0 saturated heterocycles. The fourth-order valence-corrected chi connectivity index (χ4v) is 23.0. The Kier molecular flexibility index (Phi) is 11.5. The van der Waals surface area contributed by atoms with Crippen molar-refractivity contribution in [3.63, 3.8) is 0 Å². The van der Waals surface area contributed by atoms with Crippen molar-refractivity contribution in [3.05, 3.63) is 0 Å². The summed E-state index contributed by atoms with van der Waals surface area (Å²) in [5.74, 6) is 0. The topological polar surface area (TPSA) is 64.6 Å². The molecule has 0 unspecified atom stereocenters. The first kappa shape index (κ1) is 26.8. The zero-order valence-electron chi connectivity index (χ0n) is 18.6. The maximum Gasteiger partial charge on any atom is 0.670 e. The number of hydrogen-bond donors (Lipinski definition) is 0. The molecule has 0 aliphatic rings. The van der Waals surface area contributed by atoms with Crippen molar-refractivity contribution in [1.29, 1.82) is 0 Å². The molecule has 12 heteroatoms. The molecule has 0 heterocycles. The van der Waals surface area contributed by atoms with Gasteiger partial charge in [0.05, 0.1) is 0 Å². The Morgan fingerprint density at radius 1 is 0.577 bits per heavy atom. The van der Waals surface area contributed by atoms with E-state index in [4.69, 9.17) is 29.7 Å². The first-order valence-corrected chi connectivity index (χ1v) is 22.3. The van der Waals surface area contributed by atoms with E-state index >= 15 is 0 Å². The van der Waals surface area contributed by atoms with Gasteiger partial charge in [-0.2, -0.15) is 0 Å². The van der Waals surface area contributed by atoms with Crippen molar-refractivity contribution in [1.82, 2.24) is 0 Å². The SMILES string of the molecule is CCO[Si](OCC)(OCC)O[Si](C)(C)O[Si](C)(C)O[Si](C)(C)O[SiH](C)C. The van der Waals surface area contributed by atoms with Gasteiger partial charge in [0.25, 0.3) is 0 Å². The molecule has 0 aliphatic carbocycles. The Morgan fingerprint density at radius 2 is 0.923 bits per heavy atom. The summed E-state index contributed by atoms with van der Waals surface area (Å²) in [5, 5.41) is 0. The quantitative estimate of drug-likeness (QED) is 0.366. The zero-order valence-corrected chi connectivity index (χ0v) is 23.7. The largest absolute Gasteiger partial charge is 0.670 e. The van der Waals surface area contributed by atoms with Crippen LogP contribution in [0.25, 0.3) is 0 Å². The molecule has 0 atom stereocenters. The van der Waals surface area contributed by atoms with Gasteiger partial charge in [-0.3, -0.25) is 0 Å². The Bertz CT molecular complexity index is 390. The van der Waals surface area contributed by atoms with Crippen molar-refractivity contribution in [2.24, 2.45) is 0 Å². The fourth-order valence-electron chi connectivity index (χ4n) is 2.86. The summed E-state index contributed by atoms with van der Waals surface area (Å²) < 4.78 is 42.7. The van der Waals surface area contributed by atoms with Crippen LogP contribution >= 0.6 is 0 Å². The van der Waals surface area contributed by atoms with Crippen molar-refractivity contribution in [2.45, 2.75) is 73.1 Å². The molecule has 0 aliphatic heterocycles. The molecule has 0 saturated carbocycles. The summed E-state index contributed by atoms with van der Waals surface area (Å²) in [4.78, 5) is 0. The fraction of sp³-hybridized carbons (Fsp3) is 1.00. The zero-order chi connectivity index (χ0) is 20.6. The van der Waals surface area contributed by atoms with Crippen molar-refractivity contribution >= 4 is 43.8 Å². The molecule has 7 nitrogen and oxygen atoms in total. The van der Waals surface area contributed by atoms with Gasteiger partial charge < -0.3 is 29.7 Å². The van der Waals surface area contributed by atoms with Crippen molar-refractivity contribution in [2.75, 3.05) is 19.8 Å². The second kappa shape index (κ2) is 11.1.